The number of nitrogens with zero attached hydrogens (tertiary/aromatic N) is 2. The van der Waals surface area contributed by atoms with Crippen molar-refractivity contribution in [3.8, 4) is 0 Å². The van der Waals surface area contributed by atoms with Gasteiger partial charge in [-0.3, -0.25) is 14.4 Å². The SMILES string of the molecule is CCOCCC1(C(=O)N(C)CC(=O)N2CCC(C(=O)O)CC2)CCC1. The molecule has 25 heavy (non-hydrogen) atoms. The van der Waals surface area contributed by atoms with Crippen LogP contribution in [0.1, 0.15) is 45.4 Å². The Kier molecular flexibility index (Phi) is 6.81. The highest BCUT2D eigenvalue weighted by atomic mass is 16.5. The van der Waals surface area contributed by atoms with E-state index in [4.69, 9.17) is 9.84 Å². The fourth-order valence-electron chi connectivity index (χ4n) is 3.74. The van der Waals surface area contributed by atoms with Crippen molar-refractivity contribution >= 4 is 17.8 Å². The van der Waals surface area contributed by atoms with Gasteiger partial charge in [0.25, 0.3) is 0 Å². The van der Waals surface area contributed by atoms with Crippen LogP contribution in [0.25, 0.3) is 0 Å². The Hall–Kier alpha value is -1.63. The van der Waals surface area contributed by atoms with Crippen molar-refractivity contribution in [3.63, 3.8) is 0 Å². The number of likely N-dealkylation sites (N-methyl/N-ethyl adjacent to an activating group) is 1. The molecule has 1 N–H and O–H groups in total. The number of aliphatic carboxylic acids is 1. The first-order valence-electron chi connectivity index (χ1n) is 9.23. The van der Waals surface area contributed by atoms with Gasteiger partial charge in [0.2, 0.25) is 11.8 Å². The van der Waals surface area contributed by atoms with Crippen LogP contribution in [0.2, 0.25) is 0 Å². The summed E-state index contributed by atoms with van der Waals surface area (Å²) in [4.78, 5) is 39.5. The minimum Gasteiger partial charge on any atom is -0.481 e. The number of carbonyl (C=O) groups is 3. The molecule has 2 aliphatic rings. The van der Waals surface area contributed by atoms with Crippen molar-refractivity contribution in [2.75, 3.05) is 39.9 Å². The number of carbonyl (C=O) groups excluding carboxylic acids is 2. The zero-order valence-electron chi connectivity index (χ0n) is 15.3. The molecule has 0 aromatic carbocycles. The lowest BCUT2D eigenvalue weighted by Crippen LogP contribution is -2.51. The largest absolute Gasteiger partial charge is 0.481 e. The second kappa shape index (κ2) is 8.65. The molecule has 0 aromatic rings. The van der Waals surface area contributed by atoms with Crippen LogP contribution in [-0.4, -0.2) is 72.6 Å². The predicted molar refractivity (Wildman–Crippen MR) is 92.0 cm³/mol. The zero-order chi connectivity index (χ0) is 18.4. The van der Waals surface area contributed by atoms with E-state index < -0.39 is 5.97 Å². The van der Waals surface area contributed by atoms with Crippen LogP contribution in [-0.2, 0) is 19.1 Å². The number of hydrogen-bond donors (Lipinski definition) is 1. The monoisotopic (exact) mass is 354 g/mol. The second-order valence-electron chi connectivity index (χ2n) is 7.24. The maximum Gasteiger partial charge on any atom is 0.306 e. The maximum atomic E-state index is 12.8. The van der Waals surface area contributed by atoms with E-state index in [0.29, 0.717) is 45.6 Å². The van der Waals surface area contributed by atoms with Crippen molar-refractivity contribution in [1.82, 2.24) is 9.80 Å². The zero-order valence-corrected chi connectivity index (χ0v) is 15.3. The number of hydrogen-bond acceptors (Lipinski definition) is 4. The lowest BCUT2D eigenvalue weighted by Gasteiger charge is -2.43. The van der Waals surface area contributed by atoms with Gasteiger partial charge in [-0.2, -0.15) is 0 Å². The van der Waals surface area contributed by atoms with Gasteiger partial charge in [-0.1, -0.05) is 6.42 Å². The van der Waals surface area contributed by atoms with Gasteiger partial charge in [-0.15, -0.1) is 0 Å². The van der Waals surface area contributed by atoms with Gasteiger partial charge < -0.3 is 19.6 Å². The molecule has 2 rings (SSSR count). The van der Waals surface area contributed by atoms with Gasteiger partial charge in [-0.25, -0.2) is 0 Å². The van der Waals surface area contributed by atoms with Gasteiger partial charge in [0.1, 0.15) is 0 Å². The van der Waals surface area contributed by atoms with Crippen molar-refractivity contribution in [3.05, 3.63) is 0 Å². The molecule has 0 spiro atoms. The Balaban J connectivity index is 1.84. The average Bonchev–Trinajstić information content (AvgIpc) is 2.56. The first-order valence-corrected chi connectivity index (χ1v) is 9.23. The topological polar surface area (TPSA) is 87.2 Å². The van der Waals surface area contributed by atoms with Gasteiger partial charge >= 0.3 is 5.97 Å². The predicted octanol–water partition coefficient (Wildman–Crippen LogP) is 1.36. The Morgan fingerprint density at radius 1 is 1.24 bits per heavy atom. The molecule has 7 heteroatoms. The molecule has 1 heterocycles. The third kappa shape index (κ3) is 4.71. The lowest BCUT2D eigenvalue weighted by molar-refractivity contribution is -0.152. The summed E-state index contributed by atoms with van der Waals surface area (Å²) in [5, 5.41) is 9.03. The summed E-state index contributed by atoms with van der Waals surface area (Å²) >= 11 is 0. The fourth-order valence-corrected chi connectivity index (χ4v) is 3.74. The highest BCUT2D eigenvalue weighted by Crippen LogP contribution is 2.45. The van der Waals surface area contributed by atoms with Crippen LogP contribution in [0.5, 0.6) is 0 Å². The summed E-state index contributed by atoms with van der Waals surface area (Å²) in [7, 11) is 1.69. The number of ether oxygens (including phenoxy) is 1. The van der Waals surface area contributed by atoms with Gasteiger partial charge in [-0.05, 0) is 39.0 Å². The summed E-state index contributed by atoms with van der Waals surface area (Å²) in [6, 6.07) is 0. The molecule has 1 aliphatic heterocycles. The smallest absolute Gasteiger partial charge is 0.306 e. The number of likely N-dealkylation sites (tertiary alicyclic amines) is 1. The Morgan fingerprint density at radius 3 is 2.36 bits per heavy atom. The summed E-state index contributed by atoms with van der Waals surface area (Å²) in [5.41, 5.74) is -0.361. The van der Waals surface area contributed by atoms with Crippen molar-refractivity contribution in [1.29, 1.82) is 0 Å². The Bertz CT molecular complexity index is 496. The molecule has 2 fully saturated rings. The molecule has 0 unspecified atom stereocenters. The van der Waals surface area contributed by atoms with Crippen LogP contribution < -0.4 is 0 Å². The number of rotatable bonds is 8. The second-order valence-corrected chi connectivity index (χ2v) is 7.24. The van der Waals surface area contributed by atoms with E-state index >= 15 is 0 Å². The number of piperidine rings is 1. The van der Waals surface area contributed by atoms with Crippen LogP contribution in [0.4, 0.5) is 0 Å². The summed E-state index contributed by atoms with van der Waals surface area (Å²) in [6.07, 6.45) is 4.45. The number of amides is 2. The number of carboxylic acids is 1. The van der Waals surface area contributed by atoms with Crippen molar-refractivity contribution in [2.45, 2.75) is 45.4 Å². The van der Waals surface area contributed by atoms with Crippen LogP contribution in [0.15, 0.2) is 0 Å². The van der Waals surface area contributed by atoms with E-state index in [1.807, 2.05) is 6.92 Å². The molecule has 142 valence electrons. The lowest BCUT2D eigenvalue weighted by atomic mass is 9.66. The molecule has 1 saturated heterocycles. The van der Waals surface area contributed by atoms with E-state index in [1.54, 1.807) is 11.9 Å². The quantitative estimate of drug-likeness (QED) is 0.665. The minimum absolute atomic E-state index is 0.0345. The number of carboxylic acid groups (broad SMARTS) is 1. The molecular weight excluding hydrogens is 324 g/mol. The van der Waals surface area contributed by atoms with Crippen LogP contribution in [0, 0.1) is 11.3 Å². The van der Waals surface area contributed by atoms with Gasteiger partial charge in [0, 0.05) is 33.4 Å². The van der Waals surface area contributed by atoms with Crippen molar-refractivity contribution in [2.24, 2.45) is 11.3 Å². The minimum atomic E-state index is -0.791. The van der Waals surface area contributed by atoms with E-state index in [2.05, 4.69) is 0 Å². The standard InChI is InChI=1S/C18H30N2O5/c1-3-25-12-9-18(7-4-8-18)17(24)19(2)13-15(21)20-10-5-14(6-11-20)16(22)23/h14H,3-13H2,1-2H3,(H,22,23). The van der Waals surface area contributed by atoms with Crippen LogP contribution in [0.3, 0.4) is 0 Å². The van der Waals surface area contributed by atoms with E-state index in [1.165, 1.54) is 4.90 Å². The fraction of sp³-hybridized carbons (Fsp3) is 0.833. The highest BCUT2D eigenvalue weighted by Gasteiger charge is 2.45. The summed E-state index contributed by atoms with van der Waals surface area (Å²) in [6.45, 7) is 4.12. The van der Waals surface area contributed by atoms with Crippen molar-refractivity contribution < 1.29 is 24.2 Å². The van der Waals surface area contributed by atoms with E-state index in [-0.39, 0.29) is 29.7 Å². The van der Waals surface area contributed by atoms with Gasteiger partial charge in [0.05, 0.1) is 17.9 Å². The molecule has 0 radical (unpaired) electrons. The third-order valence-electron chi connectivity index (χ3n) is 5.61. The molecule has 0 atom stereocenters. The molecule has 1 saturated carbocycles. The molecule has 7 nitrogen and oxygen atoms in total. The van der Waals surface area contributed by atoms with Crippen LogP contribution >= 0.6 is 0 Å². The molecule has 2 amide bonds. The highest BCUT2D eigenvalue weighted by molar-refractivity contribution is 5.88. The Labute approximate surface area is 149 Å². The molecular formula is C18H30N2O5. The van der Waals surface area contributed by atoms with E-state index in [0.717, 1.165) is 19.3 Å². The normalized spacial score (nSPS) is 20.0. The summed E-state index contributed by atoms with van der Waals surface area (Å²) < 4.78 is 5.41. The third-order valence-corrected chi connectivity index (χ3v) is 5.61. The Morgan fingerprint density at radius 2 is 1.88 bits per heavy atom. The first kappa shape index (κ1) is 19.7. The van der Waals surface area contributed by atoms with E-state index in [9.17, 15) is 14.4 Å². The first-order chi connectivity index (χ1) is 11.9. The maximum absolute atomic E-state index is 12.8. The molecule has 0 aromatic heterocycles. The summed E-state index contributed by atoms with van der Waals surface area (Å²) in [5.74, 6) is -1.22. The van der Waals surface area contributed by atoms with Gasteiger partial charge in [0.15, 0.2) is 0 Å². The molecule has 1 aliphatic carbocycles. The molecule has 0 bridgehead atoms. The average molecular weight is 354 g/mol.